The van der Waals surface area contributed by atoms with Crippen molar-refractivity contribution in [2.24, 2.45) is 0 Å². The molecule has 0 saturated carbocycles. The van der Waals surface area contributed by atoms with E-state index >= 15 is 0 Å². The zero-order chi connectivity index (χ0) is 15.6. The molecule has 0 unspecified atom stereocenters. The molecule has 1 aliphatic heterocycles. The predicted molar refractivity (Wildman–Crippen MR) is 82.9 cm³/mol. The van der Waals surface area contributed by atoms with Gasteiger partial charge in [0, 0.05) is 24.1 Å². The van der Waals surface area contributed by atoms with E-state index in [2.05, 4.69) is 5.32 Å². The second-order valence-electron chi connectivity index (χ2n) is 5.53. The molecule has 0 amide bonds. The Bertz CT molecular complexity index is 630. The maximum atomic E-state index is 12.9. The van der Waals surface area contributed by atoms with Crippen molar-refractivity contribution >= 4 is 11.6 Å². The van der Waals surface area contributed by atoms with Crippen LogP contribution in [0.2, 0.25) is 0 Å². The van der Waals surface area contributed by atoms with Gasteiger partial charge in [-0.05, 0) is 0 Å². The van der Waals surface area contributed by atoms with Crippen molar-refractivity contribution < 1.29 is 14.7 Å². The summed E-state index contributed by atoms with van der Waals surface area (Å²) in [7, 11) is 0. The lowest BCUT2D eigenvalue weighted by atomic mass is 9.81. The molecule has 4 heteroatoms. The fourth-order valence-corrected chi connectivity index (χ4v) is 2.91. The molecule has 1 aliphatic rings. The molecule has 22 heavy (non-hydrogen) atoms. The van der Waals surface area contributed by atoms with Crippen LogP contribution < -0.4 is 5.32 Å². The molecule has 112 valence electrons. The van der Waals surface area contributed by atoms with Gasteiger partial charge in [0.2, 0.25) is 0 Å². The van der Waals surface area contributed by atoms with Crippen LogP contribution in [0, 0.1) is 0 Å². The number of carbonyl (C=O) groups is 2. The molecule has 1 atom stereocenters. The molecule has 1 saturated heterocycles. The molecule has 0 bridgehead atoms. The van der Waals surface area contributed by atoms with Crippen LogP contribution in [0.3, 0.4) is 0 Å². The van der Waals surface area contributed by atoms with Gasteiger partial charge in [-0.15, -0.1) is 0 Å². The molecule has 0 spiro atoms. The number of aliphatic hydroxyl groups excluding tert-OH is 1. The summed E-state index contributed by atoms with van der Waals surface area (Å²) in [5, 5.41) is 12.9. The van der Waals surface area contributed by atoms with Crippen molar-refractivity contribution in [1.29, 1.82) is 0 Å². The topological polar surface area (TPSA) is 66.4 Å². The summed E-state index contributed by atoms with van der Waals surface area (Å²) in [5.41, 5.74) is -0.455. The third-order valence-electron chi connectivity index (χ3n) is 4.03. The van der Waals surface area contributed by atoms with Crippen LogP contribution in [0.15, 0.2) is 60.7 Å². The van der Waals surface area contributed by atoms with E-state index in [1.54, 1.807) is 48.5 Å². The Balaban J connectivity index is 2.03. The minimum absolute atomic E-state index is 0.0917. The van der Waals surface area contributed by atoms with E-state index in [0.717, 1.165) is 0 Å². The van der Waals surface area contributed by atoms with Gasteiger partial charge in [-0.25, -0.2) is 0 Å². The number of hydrogen-bond donors (Lipinski definition) is 2. The smallest absolute Gasteiger partial charge is 0.190 e. The van der Waals surface area contributed by atoms with Crippen LogP contribution in [0.4, 0.5) is 0 Å². The van der Waals surface area contributed by atoms with Crippen LogP contribution in [0.1, 0.15) is 27.1 Å². The van der Waals surface area contributed by atoms with Gasteiger partial charge in [0.1, 0.15) is 5.54 Å². The van der Waals surface area contributed by atoms with Gasteiger partial charge in [0.25, 0.3) is 0 Å². The molecular weight excluding hydrogens is 278 g/mol. The summed E-state index contributed by atoms with van der Waals surface area (Å²) in [4.78, 5) is 25.9. The van der Waals surface area contributed by atoms with Crippen LogP contribution in [-0.2, 0) is 0 Å². The number of rotatable bonds is 4. The first-order valence-corrected chi connectivity index (χ1v) is 7.26. The van der Waals surface area contributed by atoms with Gasteiger partial charge in [0.05, 0.1) is 6.10 Å². The average molecular weight is 295 g/mol. The fraction of sp³-hybridized carbons (Fsp3) is 0.222. The van der Waals surface area contributed by atoms with Gasteiger partial charge >= 0.3 is 0 Å². The highest BCUT2D eigenvalue weighted by Crippen LogP contribution is 2.28. The van der Waals surface area contributed by atoms with Crippen molar-refractivity contribution in [3.8, 4) is 0 Å². The molecule has 0 aromatic heterocycles. The number of nitrogens with one attached hydrogen (secondary N) is 1. The monoisotopic (exact) mass is 295 g/mol. The number of aliphatic hydroxyl groups is 1. The lowest BCUT2D eigenvalue weighted by Gasteiger charge is -2.26. The number of Topliss-reactive ketones (excluding diaryl/α,β-unsaturated/α-hetero) is 2. The van der Waals surface area contributed by atoms with Gasteiger partial charge in [-0.1, -0.05) is 60.7 Å². The molecule has 0 aliphatic carbocycles. The van der Waals surface area contributed by atoms with Crippen molar-refractivity contribution in [2.45, 2.75) is 18.1 Å². The van der Waals surface area contributed by atoms with Crippen molar-refractivity contribution in [1.82, 2.24) is 5.32 Å². The SMILES string of the molecule is O=C(c1ccccc1)C1(C(=O)c2ccccc2)C[C@@H](O)CN1. The van der Waals surface area contributed by atoms with Crippen molar-refractivity contribution in [3.63, 3.8) is 0 Å². The zero-order valence-electron chi connectivity index (χ0n) is 12.0. The molecular formula is C18H17NO3. The highest BCUT2D eigenvalue weighted by atomic mass is 16.3. The van der Waals surface area contributed by atoms with Gasteiger partial charge in [0.15, 0.2) is 11.6 Å². The first kappa shape index (κ1) is 14.6. The third kappa shape index (κ3) is 2.47. The molecule has 2 N–H and O–H groups in total. The number of hydrogen-bond acceptors (Lipinski definition) is 4. The Labute approximate surface area is 128 Å². The second kappa shape index (κ2) is 5.83. The van der Waals surface area contributed by atoms with E-state index in [9.17, 15) is 14.7 Å². The molecule has 1 fully saturated rings. The van der Waals surface area contributed by atoms with E-state index in [1.165, 1.54) is 0 Å². The maximum Gasteiger partial charge on any atom is 0.190 e. The lowest BCUT2D eigenvalue weighted by molar-refractivity contribution is 0.0726. The lowest BCUT2D eigenvalue weighted by Crippen LogP contribution is -2.54. The Morgan fingerprint density at radius 2 is 1.36 bits per heavy atom. The van der Waals surface area contributed by atoms with Crippen LogP contribution in [0.5, 0.6) is 0 Å². The number of carbonyl (C=O) groups excluding carboxylic acids is 2. The van der Waals surface area contributed by atoms with Crippen molar-refractivity contribution in [2.75, 3.05) is 6.54 Å². The predicted octanol–water partition coefficient (Wildman–Crippen LogP) is 1.85. The Kier molecular flexibility index (Phi) is 3.88. The normalized spacial score (nSPS) is 19.8. The first-order valence-electron chi connectivity index (χ1n) is 7.26. The van der Waals surface area contributed by atoms with E-state index < -0.39 is 11.6 Å². The minimum Gasteiger partial charge on any atom is -0.392 e. The molecule has 0 radical (unpaired) electrons. The average Bonchev–Trinajstić information content (AvgIpc) is 2.98. The Morgan fingerprint density at radius 3 is 1.73 bits per heavy atom. The highest BCUT2D eigenvalue weighted by Gasteiger charge is 2.50. The van der Waals surface area contributed by atoms with Crippen LogP contribution in [0.25, 0.3) is 0 Å². The third-order valence-corrected chi connectivity index (χ3v) is 4.03. The molecule has 2 aromatic carbocycles. The van der Waals surface area contributed by atoms with Gasteiger partial charge < -0.3 is 5.11 Å². The summed E-state index contributed by atoms with van der Waals surface area (Å²) in [5.74, 6) is -0.586. The van der Waals surface area contributed by atoms with Crippen molar-refractivity contribution in [3.05, 3.63) is 71.8 Å². The highest BCUT2D eigenvalue weighted by molar-refractivity contribution is 6.23. The van der Waals surface area contributed by atoms with Crippen LogP contribution in [-0.4, -0.2) is 34.9 Å². The molecule has 4 nitrogen and oxygen atoms in total. The standard InChI is InChI=1S/C18H17NO3/c20-15-11-18(19-12-15,16(21)13-7-3-1-4-8-13)17(22)14-9-5-2-6-10-14/h1-10,15,19-20H,11-12H2/t15-/m1/s1. The summed E-state index contributed by atoms with van der Waals surface area (Å²) in [6.07, 6.45) is -0.616. The van der Waals surface area contributed by atoms with Gasteiger partial charge in [-0.2, -0.15) is 0 Å². The molecule has 2 aromatic rings. The van der Waals surface area contributed by atoms with E-state index in [0.29, 0.717) is 11.1 Å². The quantitative estimate of drug-likeness (QED) is 0.667. The maximum absolute atomic E-state index is 12.9. The summed E-state index contributed by atoms with van der Waals surface area (Å²) in [6.45, 7) is 0.233. The Morgan fingerprint density at radius 1 is 0.909 bits per heavy atom. The minimum atomic E-state index is -1.39. The fourth-order valence-electron chi connectivity index (χ4n) is 2.91. The molecule has 1 heterocycles. The number of benzene rings is 2. The zero-order valence-corrected chi connectivity index (χ0v) is 12.0. The second-order valence-corrected chi connectivity index (χ2v) is 5.53. The summed E-state index contributed by atoms with van der Waals surface area (Å²) >= 11 is 0. The number of ketones is 2. The van der Waals surface area contributed by atoms with E-state index in [-0.39, 0.29) is 24.5 Å². The van der Waals surface area contributed by atoms with E-state index in [4.69, 9.17) is 0 Å². The summed E-state index contributed by atoms with van der Waals surface area (Å²) in [6, 6.07) is 17.4. The number of β-amino-alcohol motifs (C(OH)–C–C–N with tert-alkyl or cyclic N) is 1. The van der Waals surface area contributed by atoms with Crippen LogP contribution >= 0.6 is 0 Å². The largest absolute Gasteiger partial charge is 0.392 e. The molecule has 3 rings (SSSR count). The first-order chi connectivity index (χ1) is 10.6. The van der Waals surface area contributed by atoms with E-state index in [1.807, 2.05) is 12.1 Å². The van der Waals surface area contributed by atoms with Gasteiger partial charge in [-0.3, -0.25) is 14.9 Å². The Hall–Kier alpha value is -2.30. The summed E-state index contributed by atoms with van der Waals surface area (Å²) < 4.78 is 0.